The highest BCUT2D eigenvalue weighted by atomic mass is 16.2. The van der Waals surface area contributed by atoms with E-state index in [0.717, 1.165) is 29.7 Å². The highest BCUT2D eigenvalue weighted by Gasteiger charge is 2.51. The fraction of sp³-hybridized carbons (Fsp3) is 0.381. The summed E-state index contributed by atoms with van der Waals surface area (Å²) in [6, 6.07) is 12.5. The van der Waals surface area contributed by atoms with Crippen molar-refractivity contribution in [1.29, 1.82) is 0 Å². The van der Waals surface area contributed by atoms with E-state index in [9.17, 15) is 4.79 Å². The Morgan fingerprint density at radius 1 is 1.00 bits per heavy atom. The van der Waals surface area contributed by atoms with Crippen LogP contribution in [0.25, 0.3) is 0 Å². The Morgan fingerprint density at radius 2 is 1.62 bits per heavy atom. The second-order valence-electron chi connectivity index (χ2n) is 7.31. The van der Waals surface area contributed by atoms with Crippen LogP contribution in [0.1, 0.15) is 35.1 Å². The van der Waals surface area contributed by atoms with Crippen LogP contribution in [-0.2, 0) is 10.2 Å². The van der Waals surface area contributed by atoms with Gasteiger partial charge in [0.05, 0.1) is 5.41 Å². The number of hydrogen-bond acceptors (Lipinski definition) is 2. The van der Waals surface area contributed by atoms with E-state index >= 15 is 0 Å². The van der Waals surface area contributed by atoms with Crippen LogP contribution in [0.5, 0.6) is 0 Å². The van der Waals surface area contributed by atoms with Crippen molar-refractivity contribution in [3.8, 4) is 0 Å². The lowest BCUT2D eigenvalue weighted by Crippen LogP contribution is -2.28. The zero-order valence-corrected chi connectivity index (χ0v) is 15.2. The summed E-state index contributed by atoms with van der Waals surface area (Å²) < 4.78 is 0. The topological polar surface area (TPSA) is 32.3 Å². The molecule has 1 saturated carbocycles. The Hall–Kier alpha value is -2.29. The first-order valence-corrected chi connectivity index (χ1v) is 8.50. The third-order valence-electron chi connectivity index (χ3n) is 4.90. The second-order valence-corrected chi connectivity index (χ2v) is 7.31. The molecule has 3 nitrogen and oxygen atoms in total. The Morgan fingerprint density at radius 3 is 2.12 bits per heavy atom. The summed E-state index contributed by atoms with van der Waals surface area (Å²) in [6.45, 7) is 6.25. The third kappa shape index (κ3) is 3.03. The lowest BCUT2D eigenvalue weighted by atomic mass is 9.92. The average molecular weight is 322 g/mol. The van der Waals surface area contributed by atoms with Gasteiger partial charge in [-0.2, -0.15) is 0 Å². The van der Waals surface area contributed by atoms with Crippen LogP contribution in [0.4, 0.5) is 11.4 Å². The standard InChI is InChI=1S/C21H26N2O/c1-14-10-15(2)12-17(11-14)21(8-9-21)20(24)22-18-6-7-19(23(4)5)16(3)13-18/h6-7,10-13H,8-9H2,1-5H3,(H,22,24). The molecule has 1 aliphatic rings. The van der Waals surface area contributed by atoms with Gasteiger partial charge in [-0.3, -0.25) is 4.79 Å². The minimum atomic E-state index is -0.342. The maximum atomic E-state index is 12.9. The minimum absolute atomic E-state index is 0.115. The van der Waals surface area contributed by atoms with Crippen molar-refractivity contribution in [2.75, 3.05) is 24.3 Å². The summed E-state index contributed by atoms with van der Waals surface area (Å²) in [5.74, 6) is 0.115. The monoisotopic (exact) mass is 322 g/mol. The zero-order valence-electron chi connectivity index (χ0n) is 15.2. The molecule has 0 heterocycles. The number of carbonyl (C=O) groups is 1. The van der Waals surface area contributed by atoms with Crippen LogP contribution in [-0.4, -0.2) is 20.0 Å². The molecule has 1 N–H and O–H groups in total. The predicted molar refractivity (Wildman–Crippen MR) is 101 cm³/mol. The fourth-order valence-electron chi connectivity index (χ4n) is 3.51. The molecule has 1 fully saturated rings. The zero-order chi connectivity index (χ0) is 17.5. The number of nitrogens with one attached hydrogen (secondary N) is 1. The van der Waals surface area contributed by atoms with Gasteiger partial charge in [-0.25, -0.2) is 0 Å². The van der Waals surface area contributed by atoms with Gasteiger partial charge in [0.25, 0.3) is 0 Å². The van der Waals surface area contributed by atoms with E-state index in [2.05, 4.69) is 55.3 Å². The number of amides is 1. The van der Waals surface area contributed by atoms with Crippen LogP contribution >= 0.6 is 0 Å². The Balaban J connectivity index is 1.83. The predicted octanol–water partition coefficient (Wildman–Crippen LogP) is 4.35. The Labute approximate surface area is 144 Å². The van der Waals surface area contributed by atoms with E-state index in [-0.39, 0.29) is 11.3 Å². The van der Waals surface area contributed by atoms with Crippen LogP contribution in [0.2, 0.25) is 0 Å². The number of rotatable bonds is 4. The molecule has 1 aliphatic carbocycles. The lowest BCUT2D eigenvalue weighted by molar-refractivity contribution is -0.118. The first-order valence-electron chi connectivity index (χ1n) is 8.50. The number of aryl methyl sites for hydroxylation is 3. The smallest absolute Gasteiger partial charge is 0.235 e. The van der Waals surface area contributed by atoms with Gasteiger partial charge in [0.1, 0.15) is 0 Å². The molecule has 2 aromatic rings. The molecular weight excluding hydrogens is 296 g/mol. The van der Waals surface area contributed by atoms with Gasteiger partial charge in [-0.05, 0) is 62.9 Å². The summed E-state index contributed by atoms with van der Waals surface area (Å²) in [5, 5.41) is 3.13. The molecule has 0 radical (unpaired) electrons. The molecule has 0 aromatic heterocycles. The van der Waals surface area contributed by atoms with Gasteiger partial charge in [0.2, 0.25) is 5.91 Å². The van der Waals surface area contributed by atoms with Gasteiger partial charge >= 0.3 is 0 Å². The maximum absolute atomic E-state index is 12.9. The van der Waals surface area contributed by atoms with Crippen molar-refractivity contribution < 1.29 is 4.79 Å². The van der Waals surface area contributed by atoms with Crippen molar-refractivity contribution in [3.63, 3.8) is 0 Å². The number of carbonyl (C=O) groups excluding carboxylic acids is 1. The average Bonchev–Trinajstić information content (AvgIpc) is 3.27. The van der Waals surface area contributed by atoms with E-state index < -0.39 is 0 Å². The van der Waals surface area contributed by atoms with Crippen molar-refractivity contribution >= 4 is 17.3 Å². The molecule has 0 spiro atoms. The number of benzene rings is 2. The molecule has 2 aromatic carbocycles. The highest BCUT2D eigenvalue weighted by Crippen LogP contribution is 2.49. The quantitative estimate of drug-likeness (QED) is 0.907. The molecule has 3 rings (SSSR count). The molecule has 0 unspecified atom stereocenters. The molecule has 0 saturated heterocycles. The number of anilines is 2. The van der Waals surface area contributed by atoms with Crippen molar-refractivity contribution in [1.82, 2.24) is 0 Å². The molecule has 0 atom stereocenters. The molecule has 0 aliphatic heterocycles. The molecular formula is C21H26N2O. The van der Waals surface area contributed by atoms with E-state index in [1.54, 1.807) is 0 Å². The summed E-state index contributed by atoms with van der Waals surface area (Å²) >= 11 is 0. The SMILES string of the molecule is Cc1cc(C)cc(C2(C(=O)Nc3ccc(N(C)C)c(C)c3)CC2)c1. The first kappa shape index (κ1) is 16.6. The Bertz CT molecular complexity index is 768. The molecule has 3 heteroatoms. The van der Waals surface area contributed by atoms with Crippen LogP contribution in [0, 0.1) is 20.8 Å². The molecule has 126 valence electrons. The van der Waals surface area contributed by atoms with Gasteiger partial charge < -0.3 is 10.2 Å². The summed E-state index contributed by atoms with van der Waals surface area (Å²) in [4.78, 5) is 15.0. The molecule has 1 amide bonds. The van der Waals surface area contributed by atoms with Gasteiger partial charge in [0.15, 0.2) is 0 Å². The maximum Gasteiger partial charge on any atom is 0.235 e. The van der Waals surface area contributed by atoms with Gasteiger partial charge in [0, 0.05) is 25.5 Å². The second kappa shape index (κ2) is 5.97. The number of hydrogen-bond donors (Lipinski definition) is 1. The van der Waals surface area contributed by atoms with Crippen LogP contribution in [0.15, 0.2) is 36.4 Å². The van der Waals surface area contributed by atoms with E-state index in [1.807, 2.05) is 26.2 Å². The molecule has 24 heavy (non-hydrogen) atoms. The van der Waals surface area contributed by atoms with Crippen molar-refractivity contribution in [2.24, 2.45) is 0 Å². The fourth-order valence-corrected chi connectivity index (χ4v) is 3.51. The van der Waals surface area contributed by atoms with Crippen molar-refractivity contribution in [3.05, 3.63) is 58.7 Å². The lowest BCUT2D eigenvalue weighted by Gasteiger charge is -2.19. The van der Waals surface area contributed by atoms with Crippen LogP contribution in [0.3, 0.4) is 0 Å². The van der Waals surface area contributed by atoms with E-state index in [4.69, 9.17) is 0 Å². The summed E-state index contributed by atoms with van der Waals surface area (Å²) in [5.41, 5.74) is 6.45. The van der Waals surface area contributed by atoms with Gasteiger partial charge in [-0.15, -0.1) is 0 Å². The number of nitrogens with zero attached hydrogens (tertiary/aromatic N) is 1. The van der Waals surface area contributed by atoms with E-state index in [1.165, 1.54) is 16.8 Å². The molecule has 0 bridgehead atoms. The minimum Gasteiger partial charge on any atom is -0.377 e. The summed E-state index contributed by atoms with van der Waals surface area (Å²) in [6.07, 6.45) is 1.85. The normalized spacial score (nSPS) is 15.0. The summed E-state index contributed by atoms with van der Waals surface area (Å²) in [7, 11) is 4.06. The largest absolute Gasteiger partial charge is 0.377 e. The Kier molecular flexibility index (Phi) is 4.12. The van der Waals surface area contributed by atoms with Gasteiger partial charge in [-0.1, -0.05) is 29.3 Å². The first-order chi connectivity index (χ1) is 11.3. The highest BCUT2D eigenvalue weighted by molar-refractivity contribution is 6.01. The van der Waals surface area contributed by atoms with E-state index in [0.29, 0.717) is 0 Å². The van der Waals surface area contributed by atoms with Crippen LogP contribution < -0.4 is 10.2 Å². The third-order valence-corrected chi connectivity index (χ3v) is 4.90. The van der Waals surface area contributed by atoms with Crippen molar-refractivity contribution in [2.45, 2.75) is 39.0 Å².